The minimum Gasteiger partial charge on any atom is -0.398 e. The second-order valence-electron chi connectivity index (χ2n) is 5.93. The summed E-state index contributed by atoms with van der Waals surface area (Å²) in [5.74, 6) is 0.408. The summed E-state index contributed by atoms with van der Waals surface area (Å²) in [7, 11) is -3.60. The number of nitrogens with two attached hydrogens (primary N) is 1. The normalized spacial score (nSPS) is 18.6. The Kier molecular flexibility index (Phi) is 5.17. The van der Waals surface area contributed by atoms with Crippen LogP contribution in [0, 0.1) is 12.8 Å². The molecule has 0 radical (unpaired) electrons. The lowest BCUT2D eigenvalue weighted by atomic mass is 9.85. The van der Waals surface area contributed by atoms with Crippen LogP contribution in [0.4, 0.5) is 5.69 Å². The van der Waals surface area contributed by atoms with E-state index in [1.165, 1.54) is 25.3 Å². The highest BCUT2D eigenvalue weighted by atomic mass is 35.5. The molecule has 0 amide bonds. The minimum absolute atomic E-state index is 0.0742. The lowest BCUT2D eigenvalue weighted by molar-refractivity contribution is 0.303. The van der Waals surface area contributed by atoms with Gasteiger partial charge >= 0.3 is 0 Å². The van der Waals surface area contributed by atoms with Crippen molar-refractivity contribution in [3.63, 3.8) is 0 Å². The predicted molar refractivity (Wildman–Crippen MR) is 87.0 cm³/mol. The van der Waals surface area contributed by atoms with Crippen molar-refractivity contribution in [3.8, 4) is 0 Å². The van der Waals surface area contributed by atoms with E-state index < -0.39 is 10.0 Å². The second kappa shape index (κ2) is 6.55. The maximum atomic E-state index is 12.6. The van der Waals surface area contributed by atoms with Gasteiger partial charge in [0.05, 0.1) is 4.90 Å². The van der Waals surface area contributed by atoms with Crippen molar-refractivity contribution in [2.24, 2.45) is 5.92 Å². The first-order valence-corrected chi connectivity index (χ1v) is 9.25. The molecule has 0 aliphatic heterocycles. The summed E-state index contributed by atoms with van der Waals surface area (Å²) in [6, 6.07) is 2.96. The average molecular weight is 331 g/mol. The summed E-state index contributed by atoms with van der Waals surface area (Å²) in [6.45, 7) is 3.64. The summed E-state index contributed by atoms with van der Waals surface area (Å²) in [4.78, 5) is 0.176. The van der Waals surface area contributed by atoms with Gasteiger partial charge < -0.3 is 5.73 Å². The third-order valence-corrected chi connectivity index (χ3v) is 6.26. The zero-order valence-corrected chi connectivity index (χ0v) is 14.1. The van der Waals surface area contributed by atoms with E-state index in [0.29, 0.717) is 22.2 Å². The van der Waals surface area contributed by atoms with E-state index in [1.807, 2.05) is 6.92 Å². The zero-order valence-electron chi connectivity index (χ0n) is 12.5. The predicted octanol–water partition coefficient (Wildman–Crippen LogP) is 3.48. The van der Waals surface area contributed by atoms with Gasteiger partial charge in [-0.3, -0.25) is 0 Å². The first-order chi connectivity index (χ1) is 9.81. The molecule has 0 spiro atoms. The lowest BCUT2D eigenvalue weighted by Crippen LogP contribution is -2.39. The van der Waals surface area contributed by atoms with Crippen LogP contribution in [0.1, 0.15) is 44.6 Å². The standard InChI is InChI=1S/C15H23ClN2O2S/c1-10-14(17)8-13(16)9-15(10)21(19,20)18-11(2)12-6-4-3-5-7-12/h8-9,11-12,18H,3-7,17H2,1-2H3. The van der Waals surface area contributed by atoms with Gasteiger partial charge in [-0.05, 0) is 50.3 Å². The van der Waals surface area contributed by atoms with Crippen LogP contribution in [0.2, 0.25) is 5.02 Å². The quantitative estimate of drug-likeness (QED) is 0.830. The van der Waals surface area contributed by atoms with Gasteiger partial charge in [-0.15, -0.1) is 0 Å². The van der Waals surface area contributed by atoms with E-state index in [-0.39, 0.29) is 10.9 Å². The van der Waals surface area contributed by atoms with E-state index in [1.54, 1.807) is 13.0 Å². The van der Waals surface area contributed by atoms with Crippen LogP contribution in [-0.4, -0.2) is 14.5 Å². The monoisotopic (exact) mass is 330 g/mol. The maximum Gasteiger partial charge on any atom is 0.241 e. The van der Waals surface area contributed by atoms with Gasteiger partial charge in [0.1, 0.15) is 0 Å². The summed E-state index contributed by atoms with van der Waals surface area (Å²) in [5, 5.41) is 0.337. The van der Waals surface area contributed by atoms with Crippen molar-refractivity contribution in [2.45, 2.75) is 56.9 Å². The Bertz CT molecular complexity index is 610. The van der Waals surface area contributed by atoms with Gasteiger partial charge in [-0.25, -0.2) is 13.1 Å². The first kappa shape index (κ1) is 16.6. The van der Waals surface area contributed by atoms with Crippen LogP contribution in [0.15, 0.2) is 17.0 Å². The number of hydrogen-bond donors (Lipinski definition) is 2. The molecule has 0 bridgehead atoms. The fraction of sp³-hybridized carbons (Fsp3) is 0.600. The summed E-state index contributed by atoms with van der Waals surface area (Å²) in [5.41, 5.74) is 6.76. The van der Waals surface area contributed by atoms with Crippen molar-refractivity contribution >= 4 is 27.3 Å². The summed E-state index contributed by atoms with van der Waals surface area (Å²) >= 11 is 5.94. The molecule has 21 heavy (non-hydrogen) atoms. The molecule has 1 aromatic carbocycles. The van der Waals surface area contributed by atoms with Crippen molar-refractivity contribution in [2.75, 3.05) is 5.73 Å². The van der Waals surface area contributed by atoms with E-state index >= 15 is 0 Å². The molecule has 1 atom stereocenters. The minimum atomic E-state index is -3.60. The molecule has 0 heterocycles. The van der Waals surface area contributed by atoms with Crippen molar-refractivity contribution in [1.82, 2.24) is 4.72 Å². The Labute approximate surface area is 132 Å². The number of sulfonamides is 1. The molecule has 118 valence electrons. The Morgan fingerprint density at radius 1 is 1.29 bits per heavy atom. The molecular weight excluding hydrogens is 308 g/mol. The van der Waals surface area contributed by atoms with Gasteiger partial charge in [-0.1, -0.05) is 30.9 Å². The van der Waals surface area contributed by atoms with Crippen LogP contribution in [0.5, 0.6) is 0 Å². The van der Waals surface area contributed by atoms with Crippen molar-refractivity contribution < 1.29 is 8.42 Å². The third kappa shape index (κ3) is 3.90. The maximum absolute atomic E-state index is 12.6. The Balaban J connectivity index is 2.22. The third-order valence-electron chi connectivity index (χ3n) is 4.35. The van der Waals surface area contributed by atoms with E-state index in [2.05, 4.69) is 4.72 Å². The summed E-state index contributed by atoms with van der Waals surface area (Å²) in [6.07, 6.45) is 5.78. The van der Waals surface area contributed by atoms with Crippen LogP contribution >= 0.6 is 11.6 Å². The second-order valence-corrected chi connectivity index (χ2v) is 8.05. The van der Waals surface area contributed by atoms with Crippen LogP contribution < -0.4 is 10.5 Å². The number of nitrogen functional groups attached to an aromatic ring is 1. The van der Waals surface area contributed by atoms with Gasteiger partial charge in [-0.2, -0.15) is 0 Å². The van der Waals surface area contributed by atoms with Crippen LogP contribution in [0.25, 0.3) is 0 Å². The zero-order chi connectivity index (χ0) is 15.6. The highest BCUT2D eigenvalue weighted by molar-refractivity contribution is 7.89. The molecule has 2 rings (SSSR count). The highest BCUT2D eigenvalue weighted by Crippen LogP contribution is 2.29. The number of nitrogens with one attached hydrogen (secondary N) is 1. The molecule has 3 N–H and O–H groups in total. The number of halogens is 1. The van der Waals surface area contributed by atoms with E-state index in [9.17, 15) is 8.42 Å². The first-order valence-electron chi connectivity index (χ1n) is 7.39. The lowest BCUT2D eigenvalue weighted by Gasteiger charge is -2.28. The highest BCUT2D eigenvalue weighted by Gasteiger charge is 2.26. The number of rotatable bonds is 4. The Morgan fingerprint density at radius 2 is 1.90 bits per heavy atom. The number of hydrogen-bond acceptors (Lipinski definition) is 3. The fourth-order valence-corrected chi connectivity index (χ4v) is 4.90. The van der Waals surface area contributed by atoms with E-state index in [4.69, 9.17) is 17.3 Å². The molecule has 1 fully saturated rings. The van der Waals surface area contributed by atoms with Crippen molar-refractivity contribution in [1.29, 1.82) is 0 Å². The van der Waals surface area contributed by atoms with Gasteiger partial charge in [0.15, 0.2) is 0 Å². The Hall–Kier alpha value is -0.780. The van der Waals surface area contributed by atoms with Gasteiger partial charge in [0.2, 0.25) is 10.0 Å². The Morgan fingerprint density at radius 3 is 2.52 bits per heavy atom. The molecule has 1 saturated carbocycles. The molecule has 1 unspecified atom stereocenters. The van der Waals surface area contributed by atoms with Crippen LogP contribution in [-0.2, 0) is 10.0 Å². The molecule has 6 heteroatoms. The SMILES string of the molecule is Cc1c(N)cc(Cl)cc1S(=O)(=O)NC(C)C1CCCCC1. The largest absolute Gasteiger partial charge is 0.398 e. The van der Waals surface area contributed by atoms with Gasteiger partial charge in [0.25, 0.3) is 0 Å². The van der Waals surface area contributed by atoms with Gasteiger partial charge in [0, 0.05) is 16.8 Å². The number of benzene rings is 1. The molecule has 1 aliphatic carbocycles. The molecule has 0 saturated heterocycles. The topological polar surface area (TPSA) is 72.2 Å². The molecule has 0 aromatic heterocycles. The van der Waals surface area contributed by atoms with Crippen molar-refractivity contribution in [3.05, 3.63) is 22.7 Å². The molecular formula is C15H23ClN2O2S. The fourth-order valence-electron chi connectivity index (χ4n) is 2.99. The summed E-state index contributed by atoms with van der Waals surface area (Å²) < 4.78 is 28.0. The molecule has 1 aromatic rings. The molecule has 1 aliphatic rings. The molecule has 4 nitrogen and oxygen atoms in total. The number of anilines is 1. The average Bonchev–Trinajstić information content (AvgIpc) is 2.43. The van der Waals surface area contributed by atoms with Crippen LogP contribution in [0.3, 0.4) is 0 Å². The smallest absolute Gasteiger partial charge is 0.241 e. The van der Waals surface area contributed by atoms with E-state index in [0.717, 1.165) is 12.8 Å².